The predicted octanol–water partition coefficient (Wildman–Crippen LogP) is -0.505. The minimum atomic E-state index is -1.33. The molecule has 0 radical (unpaired) electrons. The second kappa shape index (κ2) is 13.5. The number of aliphatic hydroxyl groups excluding tert-OH is 1. The lowest BCUT2D eigenvalue weighted by Gasteiger charge is -2.25. The molecule has 0 aromatic heterocycles. The number of nitrogens with two attached hydrogens (primary N) is 1. The average Bonchev–Trinajstić information content (AvgIpc) is 2.76. The summed E-state index contributed by atoms with van der Waals surface area (Å²) in [4.78, 5) is 49.5. The van der Waals surface area contributed by atoms with E-state index in [0.717, 1.165) is 0 Å². The number of amides is 3. The predicted molar refractivity (Wildman–Crippen MR) is 125 cm³/mol. The Hall–Kier alpha value is -3.18. The van der Waals surface area contributed by atoms with Crippen molar-refractivity contribution in [2.24, 2.45) is 17.6 Å². The first-order valence-corrected chi connectivity index (χ1v) is 11.1. The Morgan fingerprint density at radius 3 is 1.82 bits per heavy atom. The maximum atomic E-state index is 12.9. The fourth-order valence-corrected chi connectivity index (χ4v) is 3.08. The maximum Gasteiger partial charge on any atom is 0.326 e. The van der Waals surface area contributed by atoms with E-state index in [4.69, 9.17) is 5.73 Å². The molecule has 0 bridgehead atoms. The van der Waals surface area contributed by atoms with Crippen LogP contribution >= 0.6 is 0 Å². The van der Waals surface area contributed by atoms with Crippen LogP contribution in [0.2, 0.25) is 0 Å². The lowest BCUT2D eigenvalue weighted by Crippen LogP contribution is -2.58. The van der Waals surface area contributed by atoms with Crippen LogP contribution in [0.15, 0.2) is 24.3 Å². The number of aromatic hydroxyl groups is 1. The highest BCUT2D eigenvalue weighted by Crippen LogP contribution is 2.12. The molecule has 0 fully saturated rings. The molecule has 1 aromatic rings. The van der Waals surface area contributed by atoms with Crippen molar-refractivity contribution in [3.8, 4) is 5.75 Å². The molecule has 8 N–H and O–H groups in total. The summed E-state index contributed by atoms with van der Waals surface area (Å²) in [6, 6.07) is 1.32. The molecule has 4 unspecified atom stereocenters. The van der Waals surface area contributed by atoms with Crippen LogP contribution in [0.5, 0.6) is 5.75 Å². The van der Waals surface area contributed by atoms with Crippen molar-refractivity contribution in [3.63, 3.8) is 0 Å². The fourth-order valence-electron chi connectivity index (χ4n) is 3.08. The molecule has 34 heavy (non-hydrogen) atoms. The number of aliphatic hydroxyl groups is 1. The highest BCUT2D eigenvalue weighted by Gasteiger charge is 2.31. The normalized spacial score (nSPS) is 14.7. The summed E-state index contributed by atoms with van der Waals surface area (Å²) in [7, 11) is 0. The second-order valence-corrected chi connectivity index (χ2v) is 8.97. The Morgan fingerprint density at radius 1 is 0.853 bits per heavy atom. The third-order valence-corrected chi connectivity index (χ3v) is 5.17. The Morgan fingerprint density at radius 2 is 1.35 bits per heavy atom. The number of phenols is 1. The summed E-state index contributed by atoms with van der Waals surface area (Å²) in [6.45, 7) is 6.41. The van der Waals surface area contributed by atoms with E-state index in [9.17, 15) is 34.5 Å². The zero-order chi connectivity index (χ0) is 26.0. The topological polar surface area (TPSA) is 191 Å². The number of benzene rings is 1. The smallest absolute Gasteiger partial charge is 0.326 e. The van der Waals surface area contributed by atoms with Crippen LogP contribution in [0.4, 0.5) is 0 Å². The minimum Gasteiger partial charge on any atom is -0.508 e. The summed E-state index contributed by atoms with van der Waals surface area (Å²) < 4.78 is 0. The van der Waals surface area contributed by atoms with E-state index in [2.05, 4.69) is 16.0 Å². The molecule has 0 aliphatic heterocycles. The first-order chi connectivity index (χ1) is 15.8. The first kappa shape index (κ1) is 28.9. The fraction of sp³-hybridized carbons (Fsp3) is 0.565. The Balaban J connectivity index is 2.93. The van der Waals surface area contributed by atoms with E-state index >= 15 is 0 Å². The van der Waals surface area contributed by atoms with Gasteiger partial charge in [-0.1, -0.05) is 39.8 Å². The number of carbonyl (C=O) groups excluding carboxylic acids is 3. The first-order valence-electron chi connectivity index (χ1n) is 11.1. The van der Waals surface area contributed by atoms with E-state index in [-0.39, 0.29) is 30.4 Å². The second-order valence-electron chi connectivity index (χ2n) is 8.97. The van der Waals surface area contributed by atoms with Gasteiger partial charge in [0, 0.05) is 6.42 Å². The van der Waals surface area contributed by atoms with Gasteiger partial charge in [-0.25, -0.2) is 4.79 Å². The highest BCUT2D eigenvalue weighted by atomic mass is 16.4. The molecule has 0 saturated carbocycles. The van der Waals surface area contributed by atoms with Gasteiger partial charge in [-0.05, 0) is 36.0 Å². The standard InChI is InChI=1S/C23H36N4O7/c1-12(2)9-16(25-21(31)18(11-28)27-22(32)19(24)13(3)4)20(30)26-17(23(33)34)10-14-5-7-15(29)8-6-14/h5-8,12-13,16-19,28-29H,9-11,24H2,1-4H3,(H,25,31)(H,26,30)(H,27,32)(H,33,34). The minimum absolute atomic E-state index is 0.0271. The summed E-state index contributed by atoms with van der Waals surface area (Å²) in [6.07, 6.45) is 0.160. The number of nitrogens with one attached hydrogen (secondary N) is 3. The van der Waals surface area contributed by atoms with Crippen molar-refractivity contribution in [2.45, 2.75) is 64.7 Å². The molecule has 1 aromatic carbocycles. The molecule has 0 spiro atoms. The Kier molecular flexibility index (Phi) is 11.5. The van der Waals surface area contributed by atoms with Gasteiger partial charge >= 0.3 is 5.97 Å². The lowest BCUT2D eigenvalue weighted by molar-refractivity contribution is -0.142. The van der Waals surface area contributed by atoms with Crippen LogP contribution in [0, 0.1) is 11.8 Å². The summed E-state index contributed by atoms with van der Waals surface area (Å²) in [5.41, 5.74) is 6.36. The number of hydrogen-bond donors (Lipinski definition) is 7. The van der Waals surface area contributed by atoms with E-state index in [1.165, 1.54) is 12.1 Å². The molecule has 0 heterocycles. The van der Waals surface area contributed by atoms with Gasteiger partial charge in [-0.3, -0.25) is 14.4 Å². The van der Waals surface area contributed by atoms with Gasteiger partial charge in [-0.2, -0.15) is 0 Å². The molecule has 0 aliphatic carbocycles. The van der Waals surface area contributed by atoms with Crippen LogP contribution in [-0.2, 0) is 25.6 Å². The van der Waals surface area contributed by atoms with Gasteiger partial charge in [-0.15, -0.1) is 0 Å². The lowest BCUT2D eigenvalue weighted by atomic mass is 10.0. The van der Waals surface area contributed by atoms with Gasteiger partial charge < -0.3 is 37.0 Å². The van der Waals surface area contributed by atoms with E-state index in [1.807, 2.05) is 13.8 Å². The van der Waals surface area contributed by atoms with Crippen molar-refractivity contribution in [3.05, 3.63) is 29.8 Å². The molecular weight excluding hydrogens is 444 g/mol. The van der Waals surface area contributed by atoms with Crippen molar-refractivity contribution in [1.29, 1.82) is 0 Å². The molecule has 1 rings (SSSR count). The number of carboxylic acid groups (broad SMARTS) is 1. The zero-order valence-electron chi connectivity index (χ0n) is 19.9. The van der Waals surface area contributed by atoms with Crippen LogP contribution in [0.3, 0.4) is 0 Å². The van der Waals surface area contributed by atoms with E-state index < -0.39 is 54.5 Å². The van der Waals surface area contributed by atoms with Crippen LogP contribution in [0.1, 0.15) is 39.7 Å². The Bertz CT molecular complexity index is 842. The number of carbonyl (C=O) groups is 4. The number of rotatable bonds is 13. The average molecular weight is 481 g/mol. The van der Waals surface area contributed by atoms with Gasteiger partial charge in [0.15, 0.2) is 0 Å². The summed E-state index contributed by atoms with van der Waals surface area (Å²) >= 11 is 0. The van der Waals surface area contributed by atoms with E-state index in [0.29, 0.717) is 5.56 Å². The molecule has 11 nitrogen and oxygen atoms in total. The van der Waals surface area contributed by atoms with Crippen LogP contribution in [-0.4, -0.2) is 69.8 Å². The maximum absolute atomic E-state index is 12.9. The van der Waals surface area contributed by atoms with Crippen molar-refractivity contribution in [1.82, 2.24) is 16.0 Å². The third-order valence-electron chi connectivity index (χ3n) is 5.17. The molecule has 3 amide bonds. The molecule has 11 heteroatoms. The SMILES string of the molecule is CC(C)CC(NC(=O)C(CO)NC(=O)C(N)C(C)C)C(=O)NC(Cc1ccc(O)cc1)C(=O)O. The quantitative estimate of drug-likeness (QED) is 0.196. The largest absolute Gasteiger partial charge is 0.508 e. The van der Waals surface area contributed by atoms with Crippen LogP contribution < -0.4 is 21.7 Å². The van der Waals surface area contributed by atoms with Crippen molar-refractivity contribution < 1.29 is 34.5 Å². The summed E-state index contributed by atoms with van der Waals surface area (Å²) in [5, 5.41) is 35.8. The molecular formula is C23H36N4O7. The van der Waals surface area contributed by atoms with Gasteiger partial charge in [0.25, 0.3) is 0 Å². The van der Waals surface area contributed by atoms with E-state index in [1.54, 1.807) is 26.0 Å². The van der Waals surface area contributed by atoms with Gasteiger partial charge in [0.05, 0.1) is 12.6 Å². The molecule has 190 valence electrons. The molecule has 0 aliphatic rings. The number of hydrogen-bond acceptors (Lipinski definition) is 7. The Labute approximate surface area is 199 Å². The highest BCUT2D eigenvalue weighted by molar-refractivity contribution is 5.94. The zero-order valence-corrected chi connectivity index (χ0v) is 19.9. The number of phenolic OH excluding ortho intramolecular Hbond substituents is 1. The molecule has 4 atom stereocenters. The number of aliphatic carboxylic acids is 1. The van der Waals surface area contributed by atoms with Gasteiger partial charge in [0.1, 0.15) is 23.9 Å². The van der Waals surface area contributed by atoms with Crippen LogP contribution in [0.25, 0.3) is 0 Å². The molecule has 0 saturated heterocycles. The third kappa shape index (κ3) is 9.36. The summed E-state index contributed by atoms with van der Waals surface area (Å²) in [5.74, 6) is -3.59. The van der Waals surface area contributed by atoms with Gasteiger partial charge in [0.2, 0.25) is 17.7 Å². The number of carboxylic acids is 1. The van der Waals surface area contributed by atoms with Crippen molar-refractivity contribution >= 4 is 23.7 Å². The van der Waals surface area contributed by atoms with Crippen molar-refractivity contribution in [2.75, 3.05) is 6.61 Å². The monoisotopic (exact) mass is 480 g/mol.